The maximum atomic E-state index is 13.3. The van der Waals surface area contributed by atoms with Crippen LogP contribution in [0.4, 0.5) is 0 Å². The second kappa shape index (κ2) is 10.4. The summed E-state index contributed by atoms with van der Waals surface area (Å²) in [6, 6.07) is 13.4. The third kappa shape index (κ3) is 5.36. The molecule has 2 aromatic carbocycles. The average Bonchev–Trinajstić information content (AvgIpc) is 3.46. The second-order valence-electron chi connectivity index (χ2n) is 8.74. The van der Waals surface area contributed by atoms with Gasteiger partial charge in [-0.25, -0.2) is 0 Å². The average molecular weight is 476 g/mol. The molecule has 0 aliphatic heterocycles. The number of rotatable bonds is 10. The smallest absolute Gasteiger partial charge is 0.243 e. The quantitative estimate of drug-likeness (QED) is 0.206. The van der Waals surface area contributed by atoms with Crippen LogP contribution < -0.4 is 16.4 Å². The summed E-state index contributed by atoms with van der Waals surface area (Å²) in [5.41, 5.74) is 9.14. The Balaban J connectivity index is 1.56. The molecular weight excluding hydrogens is 446 g/mol. The third-order valence-electron chi connectivity index (χ3n) is 6.21. The summed E-state index contributed by atoms with van der Waals surface area (Å²) in [4.78, 5) is 44.5. The number of primary amides is 1. The van der Waals surface area contributed by atoms with Crippen molar-refractivity contribution in [2.45, 2.75) is 31.8 Å². The van der Waals surface area contributed by atoms with Crippen molar-refractivity contribution in [1.29, 1.82) is 0 Å². The number of H-pyrrole nitrogens is 2. The Morgan fingerprint density at radius 3 is 1.83 bits per heavy atom. The van der Waals surface area contributed by atoms with Crippen LogP contribution >= 0.6 is 0 Å². The normalized spacial score (nSPS) is 13.9. The molecule has 0 saturated carbocycles. The number of carbonyl (C=O) groups is 3. The van der Waals surface area contributed by atoms with Crippen molar-refractivity contribution in [1.82, 2.24) is 20.6 Å². The minimum Gasteiger partial charge on any atom is -0.396 e. The van der Waals surface area contributed by atoms with Gasteiger partial charge in [-0.15, -0.1) is 0 Å². The Morgan fingerprint density at radius 2 is 1.31 bits per heavy atom. The maximum Gasteiger partial charge on any atom is 0.243 e. The van der Waals surface area contributed by atoms with Crippen molar-refractivity contribution in [3.8, 4) is 0 Å². The minimum absolute atomic E-state index is 0.193. The molecule has 3 amide bonds. The first-order valence-electron chi connectivity index (χ1n) is 11.5. The van der Waals surface area contributed by atoms with E-state index < -0.39 is 35.7 Å². The van der Waals surface area contributed by atoms with E-state index in [2.05, 4.69) is 20.6 Å². The number of aromatic nitrogens is 2. The minimum atomic E-state index is -0.973. The number of aromatic amines is 2. The molecule has 0 radical (unpaired) electrons. The number of hydrogen-bond acceptors (Lipinski definition) is 4. The molecule has 35 heavy (non-hydrogen) atoms. The highest BCUT2D eigenvalue weighted by Crippen LogP contribution is 2.21. The first-order chi connectivity index (χ1) is 16.9. The number of nitrogens with one attached hydrogen (secondary N) is 4. The van der Waals surface area contributed by atoms with Crippen molar-refractivity contribution < 1.29 is 19.5 Å². The highest BCUT2D eigenvalue weighted by molar-refractivity contribution is 5.93. The molecule has 0 aliphatic carbocycles. The van der Waals surface area contributed by atoms with E-state index in [4.69, 9.17) is 5.73 Å². The number of nitrogens with two attached hydrogens (primary N) is 1. The topological polar surface area (TPSA) is 153 Å². The lowest BCUT2D eigenvalue weighted by Gasteiger charge is -2.23. The molecule has 0 aliphatic rings. The van der Waals surface area contributed by atoms with Crippen LogP contribution in [-0.4, -0.2) is 51.5 Å². The predicted molar refractivity (Wildman–Crippen MR) is 133 cm³/mol. The lowest BCUT2D eigenvalue weighted by atomic mass is 10.0. The lowest BCUT2D eigenvalue weighted by molar-refractivity contribution is -0.133. The fourth-order valence-corrected chi connectivity index (χ4v) is 4.14. The van der Waals surface area contributed by atoms with E-state index >= 15 is 0 Å². The van der Waals surface area contributed by atoms with E-state index in [9.17, 15) is 19.5 Å². The summed E-state index contributed by atoms with van der Waals surface area (Å²) in [6.07, 6.45) is 3.98. The number of aliphatic hydroxyl groups excluding tert-OH is 1. The first kappa shape index (κ1) is 24.0. The number of aliphatic hydroxyl groups is 1. The number of amides is 3. The largest absolute Gasteiger partial charge is 0.396 e. The van der Waals surface area contributed by atoms with E-state index in [-0.39, 0.29) is 19.4 Å². The zero-order chi connectivity index (χ0) is 24.9. The van der Waals surface area contributed by atoms with E-state index in [1.807, 2.05) is 48.5 Å². The van der Waals surface area contributed by atoms with Crippen LogP contribution in [-0.2, 0) is 27.2 Å². The maximum absolute atomic E-state index is 13.3. The van der Waals surface area contributed by atoms with Crippen LogP contribution in [0.2, 0.25) is 0 Å². The predicted octanol–water partition coefficient (Wildman–Crippen LogP) is 1.52. The van der Waals surface area contributed by atoms with Crippen LogP contribution in [0.1, 0.15) is 18.1 Å². The number of carbonyl (C=O) groups excluding carboxylic acids is 3. The summed E-state index contributed by atoms with van der Waals surface area (Å²) in [7, 11) is 0. The van der Waals surface area contributed by atoms with Crippen LogP contribution in [0.3, 0.4) is 0 Å². The Bertz CT molecular complexity index is 1360. The van der Waals surface area contributed by atoms with Gasteiger partial charge in [0.2, 0.25) is 17.7 Å². The SMILES string of the molecule is C[C@@H](CO)C(=O)NC(Cc1c[nH]c2ccccc12)C(=O)NC(Cc1c[nH]c2ccccc12)C(N)=O. The molecule has 182 valence electrons. The Morgan fingerprint density at radius 1 is 0.829 bits per heavy atom. The fraction of sp³-hybridized carbons (Fsp3) is 0.269. The molecule has 2 aromatic heterocycles. The highest BCUT2D eigenvalue weighted by Gasteiger charge is 2.28. The van der Waals surface area contributed by atoms with Gasteiger partial charge in [-0.1, -0.05) is 43.3 Å². The van der Waals surface area contributed by atoms with Gasteiger partial charge in [0, 0.05) is 47.0 Å². The van der Waals surface area contributed by atoms with Crippen LogP contribution in [0.15, 0.2) is 60.9 Å². The van der Waals surface area contributed by atoms with Gasteiger partial charge in [0.05, 0.1) is 12.5 Å². The van der Waals surface area contributed by atoms with Gasteiger partial charge < -0.3 is 31.4 Å². The molecule has 0 saturated heterocycles. The molecule has 0 bridgehead atoms. The van der Waals surface area contributed by atoms with Crippen molar-refractivity contribution >= 4 is 39.5 Å². The van der Waals surface area contributed by atoms with Crippen molar-refractivity contribution in [3.63, 3.8) is 0 Å². The van der Waals surface area contributed by atoms with E-state index in [0.29, 0.717) is 0 Å². The monoisotopic (exact) mass is 475 g/mol. The lowest BCUT2D eigenvalue weighted by Crippen LogP contribution is -2.55. The van der Waals surface area contributed by atoms with Gasteiger partial charge in [-0.05, 0) is 23.3 Å². The van der Waals surface area contributed by atoms with Crippen LogP contribution in [0.5, 0.6) is 0 Å². The Hall–Kier alpha value is -4.11. The first-order valence-corrected chi connectivity index (χ1v) is 11.5. The second-order valence-corrected chi connectivity index (χ2v) is 8.74. The summed E-state index contributed by atoms with van der Waals surface area (Å²) in [5, 5.41) is 16.7. The summed E-state index contributed by atoms with van der Waals surface area (Å²) < 4.78 is 0. The van der Waals surface area contributed by atoms with Gasteiger partial charge in [0.1, 0.15) is 12.1 Å². The third-order valence-corrected chi connectivity index (χ3v) is 6.21. The zero-order valence-corrected chi connectivity index (χ0v) is 19.4. The number of benzene rings is 2. The molecule has 0 spiro atoms. The van der Waals surface area contributed by atoms with E-state index in [1.54, 1.807) is 19.3 Å². The van der Waals surface area contributed by atoms with Gasteiger partial charge in [0.15, 0.2) is 0 Å². The van der Waals surface area contributed by atoms with Crippen LogP contribution in [0.25, 0.3) is 21.8 Å². The van der Waals surface area contributed by atoms with Gasteiger partial charge in [0.25, 0.3) is 0 Å². The molecule has 9 heteroatoms. The van der Waals surface area contributed by atoms with Gasteiger partial charge in [-0.2, -0.15) is 0 Å². The standard InChI is InChI=1S/C26H29N5O4/c1-15(14-32)25(34)31-23(11-17-13-29-21-9-5-3-7-19(17)21)26(35)30-22(24(27)33)10-16-12-28-20-8-4-2-6-18(16)20/h2-9,12-13,15,22-23,28-29,32H,10-11,14H2,1H3,(H2,27,33)(H,30,35)(H,31,34)/t15-,22?,23?/m0/s1. The molecule has 0 fully saturated rings. The highest BCUT2D eigenvalue weighted by atomic mass is 16.3. The van der Waals surface area contributed by atoms with Crippen molar-refractivity contribution in [3.05, 3.63) is 72.1 Å². The number of fused-ring (bicyclic) bond motifs is 2. The van der Waals surface area contributed by atoms with Crippen molar-refractivity contribution in [2.24, 2.45) is 11.7 Å². The van der Waals surface area contributed by atoms with Gasteiger partial charge in [-0.3, -0.25) is 14.4 Å². The van der Waals surface area contributed by atoms with E-state index in [1.165, 1.54) is 0 Å². The molecular formula is C26H29N5O4. The van der Waals surface area contributed by atoms with Gasteiger partial charge >= 0.3 is 0 Å². The number of hydrogen-bond donors (Lipinski definition) is 6. The zero-order valence-electron chi connectivity index (χ0n) is 19.4. The molecule has 2 heterocycles. The molecule has 2 unspecified atom stereocenters. The van der Waals surface area contributed by atoms with E-state index in [0.717, 1.165) is 32.9 Å². The molecule has 4 aromatic rings. The molecule has 9 nitrogen and oxygen atoms in total. The molecule has 3 atom stereocenters. The Kier molecular flexibility index (Phi) is 7.17. The van der Waals surface area contributed by atoms with Crippen molar-refractivity contribution in [2.75, 3.05) is 6.61 Å². The molecule has 7 N–H and O–H groups in total. The number of para-hydroxylation sites is 2. The fourth-order valence-electron chi connectivity index (χ4n) is 4.14. The summed E-state index contributed by atoms with van der Waals surface area (Å²) >= 11 is 0. The van der Waals surface area contributed by atoms with Crippen LogP contribution in [0, 0.1) is 5.92 Å². The summed E-state index contributed by atoms with van der Waals surface area (Å²) in [5.74, 6) is -2.35. The summed E-state index contributed by atoms with van der Waals surface area (Å²) in [6.45, 7) is 1.22. The Labute approximate surface area is 202 Å². The molecule has 4 rings (SSSR count).